The molecule has 0 aliphatic carbocycles. The van der Waals surface area contributed by atoms with Gasteiger partial charge < -0.3 is 0 Å². The van der Waals surface area contributed by atoms with Gasteiger partial charge in [0.25, 0.3) is 0 Å². The molecule has 1 atom stereocenters. The quantitative estimate of drug-likeness (QED) is 0.664. The number of hydrogen-bond donors (Lipinski definition) is 1. The van der Waals surface area contributed by atoms with Gasteiger partial charge in [-0.3, -0.25) is 0 Å². The molecule has 0 unspecified atom stereocenters. The third-order valence-electron chi connectivity index (χ3n) is 3.96. The van der Waals surface area contributed by atoms with E-state index in [9.17, 15) is 21.6 Å². The summed E-state index contributed by atoms with van der Waals surface area (Å²) in [5.41, 5.74) is 0.231. The lowest BCUT2D eigenvalue weighted by atomic mass is 10.1. The Morgan fingerprint density at radius 2 is 1.82 bits per heavy atom. The number of nitrogens with zero attached hydrogens (tertiary/aromatic N) is 3. The van der Waals surface area contributed by atoms with Crippen molar-refractivity contribution < 1.29 is 21.6 Å². The summed E-state index contributed by atoms with van der Waals surface area (Å²) in [4.78, 5) is 3.21. The normalized spacial score (nSPS) is 13.5. The highest BCUT2D eigenvalue weighted by Gasteiger charge is 2.33. The maximum Gasteiger partial charge on any atom is 0.416 e. The van der Waals surface area contributed by atoms with Gasteiger partial charge in [-0.1, -0.05) is 23.7 Å². The van der Waals surface area contributed by atoms with Gasteiger partial charge in [0.2, 0.25) is 10.0 Å². The maximum absolute atomic E-state index is 12.9. The molecule has 0 bridgehead atoms. The molecule has 1 heterocycles. The molecule has 3 aromatic rings. The monoisotopic (exact) mass is 430 g/mol. The van der Waals surface area contributed by atoms with Gasteiger partial charge in [-0.2, -0.15) is 18.3 Å². The average Bonchev–Trinajstić information content (AvgIpc) is 3.15. The van der Waals surface area contributed by atoms with Crippen LogP contribution in [-0.2, 0) is 16.2 Å². The molecular formula is C17H14ClF3N4O2S. The number of rotatable bonds is 5. The van der Waals surface area contributed by atoms with Crippen molar-refractivity contribution in [2.45, 2.75) is 24.0 Å². The number of nitrogens with one attached hydrogen (secondary N) is 1. The Morgan fingerprint density at radius 1 is 1.14 bits per heavy atom. The van der Waals surface area contributed by atoms with Crippen molar-refractivity contribution in [3.8, 4) is 5.69 Å². The van der Waals surface area contributed by atoms with Crippen LogP contribution in [0.1, 0.15) is 24.1 Å². The number of benzene rings is 2. The second-order valence-corrected chi connectivity index (χ2v) is 8.01. The molecule has 2 aromatic carbocycles. The van der Waals surface area contributed by atoms with E-state index in [1.54, 1.807) is 31.2 Å². The smallest absolute Gasteiger partial charge is 0.223 e. The third kappa shape index (κ3) is 4.34. The van der Waals surface area contributed by atoms with Gasteiger partial charge in [-0.25, -0.2) is 22.8 Å². The van der Waals surface area contributed by atoms with Crippen molar-refractivity contribution >= 4 is 21.6 Å². The number of aromatic nitrogens is 3. The molecule has 0 aliphatic heterocycles. The van der Waals surface area contributed by atoms with Crippen LogP contribution >= 0.6 is 11.6 Å². The lowest BCUT2D eigenvalue weighted by Gasteiger charge is -2.17. The highest BCUT2D eigenvalue weighted by atomic mass is 35.5. The van der Waals surface area contributed by atoms with Crippen LogP contribution in [-0.4, -0.2) is 23.2 Å². The van der Waals surface area contributed by atoms with E-state index in [1.807, 2.05) is 0 Å². The molecule has 28 heavy (non-hydrogen) atoms. The molecule has 6 nitrogen and oxygen atoms in total. The fraction of sp³-hybridized carbons (Fsp3) is 0.176. The van der Waals surface area contributed by atoms with Crippen LogP contribution in [0.25, 0.3) is 5.69 Å². The number of hydrogen-bond acceptors (Lipinski definition) is 4. The van der Waals surface area contributed by atoms with E-state index in [1.165, 1.54) is 17.3 Å². The zero-order valence-electron chi connectivity index (χ0n) is 14.4. The number of halogens is 4. The molecule has 3 rings (SSSR count). The van der Waals surface area contributed by atoms with Crippen LogP contribution in [0.4, 0.5) is 13.2 Å². The van der Waals surface area contributed by atoms with Crippen molar-refractivity contribution in [1.82, 2.24) is 19.5 Å². The highest BCUT2D eigenvalue weighted by Crippen LogP contribution is 2.33. The predicted octanol–water partition coefficient (Wildman–Crippen LogP) is 3.98. The van der Waals surface area contributed by atoms with Crippen LogP contribution in [0.2, 0.25) is 5.02 Å². The molecule has 0 saturated heterocycles. The Morgan fingerprint density at radius 3 is 2.39 bits per heavy atom. The van der Waals surface area contributed by atoms with Crippen LogP contribution in [0.5, 0.6) is 0 Å². The molecule has 1 N–H and O–H groups in total. The Hall–Kier alpha value is -2.43. The van der Waals surface area contributed by atoms with Crippen molar-refractivity contribution in [3.63, 3.8) is 0 Å². The summed E-state index contributed by atoms with van der Waals surface area (Å²) in [5.74, 6) is 0. The van der Waals surface area contributed by atoms with E-state index < -0.39 is 32.7 Å². The van der Waals surface area contributed by atoms with Crippen molar-refractivity contribution in [3.05, 3.63) is 71.3 Å². The fourth-order valence-corrected chi connectivity index (χ4v) is 4.26. The molecular weight excluding hydrogens is 417 g/mol. The van der Waals surface area contributed by atoms with Gasteiger partial charge in [-0.15, -0.1) is 0 Å². The Balaban J connectivity index is 1.84. The third-order valence-corrected chi connectivity index (χ3v) is 5.98. The summed E-state index contributed by atoms with van der Waals surface area (Å²) in [7, 11) is -4.28. The first kappa shape index (κ1) is 20.3. The van der Waals surface area contributed by atoms with E-state index >= 15 is 0 Å². The minimum absolute atomic E-state index is 0.297. The number of alkyl halides is 3. The van der Waals surface area contributed by atoms with E-state index in [4.69, 9.17) is 11.6 Å². The second kappa shape index (κ2) is 7.53. The zero-order valence-corrected chi connectivity index (χ0v) is 15.9. The van der Waals surface area contributed by atoms with E-state index in [-0.39, 0.29) is 5.02 Å². The van der Waals surface area contributed by atoms with Gasteiger partial charge in [0.1, 0.15) is 17.6 Å². The standard InChI is InChI=1S/C17H14ClF3N4O2S/c1-11(12-2-5-14(6-3-12)25-10-22-9-23-25)24-28(26,27)16-8-13(17(19,20)21)4-7-15(16)18/h2-11,24H,1H3/t11-/m1/s1. The molecule has 11 heteroatoms. The van der Waals surface area contributed by atoms with Gasteiger partial charge in [0.15, 0.2) is 0 Å². The highest BCUT2D eigenvalue weighted by molar-refractivity contribution is 7.89. The first-order chi connectivity index (χ1) is 13.1. The summed E-state index contributed by atoms with van der Waals surface area (Å²) in [6.07, 6.45) is -1.79. The minimum Gasteiger partial charge on any atom is -0.223 e. The molecule has 0 saturated carbocycles. The molecule has 0 aliphatic rings. The summed E-state index contributed by atoms with van der Waals surface area (Å²) >= 11 is 5.84. The molecule has 1 aromatic heterocycles. The van der Waals surface area contributed by atoms with Crippen LogP contribution in [0, 0.1) is 0 Å². The van der Waals surface area contributed by atoms with Crippen molar-refractivity contribution in [2.24, 2.45) is 0 Å². The van der Waals surface area contributed by atoms with Crippen LogP contribution < -0.4 is 4.72 Å². The van der Waals surface area contributed by atoms with E-state index in [0.29, 0.717) is 11.6 Å². The van der Waals surface area contributed by atoms with Gasteiger partial charge in [-0.05, 0) is 42.8 Å². The molecule has 0 spiro atoms. The lowest BCUT2D eigenvalue weighted by Crippen LogP contribution is -2.27. The summed E-state index contributed by atoms with van der Waals surface area (Å²) in [6.45, 7) is 1.57. The van der Waals surface area contributed by atoms with Crippen LogP contribution in [0.15, 0.2) is 60.0 Å². The van der Waals surface area contributed by atoms with Gasteiger partial charge >= 0.3 is 6.18 Å². The topological polar surface area (TPSA) is 76.9 Å². The van der Waals surface area contributed by atoms with Crippen molar-refractivity contribution in [1.29, 1.82) is 0 Å². The SMILES string of the molecule is C[C@@H](NS(=O)(=O)c1cc(C(F)(F)F)ccc1Cl)c1ccc(-n2cncn2)cc1. The second-order valence-electron chi connectivity index (χ2n) is 5.92. The molecule has 0 amide bonds. The first-order valence-electron chi connectivity index (χ1n) is 7.92. The summed E-state index contributed by atoms with van der Waals surface area (Å²) in [6, 6.07) is 8.24. The predicted molar refractivity (Wildman–Crippen MR) is 96.5 cm³/mol. The lowest BCUT2D eigenvalue weighted by molar-refractivity contribution is -0.137. The Kier molecular flexibility index (Phi) is 5.46. The Labute approximate surface area is 164 Å². The average molecular weight is 431 g/mol. The summed E-state index contributed by atoms with van der Waals surface area (Å²) in [5, 5.41) is 3.69. The van der Waals surface area contributed by atoms with Crippen molar-refractivity contribution in [2.75, 3.05) is 0 Å². The van der Waals surface area contributed by atoms with E-state index in [2.05, 4.69) is 14.8 Å². The molecule has 148 valence electrons. The van der Waals surface area contributed by atoms with Crippen LogP contribution in [0.3, 0.4) is 0 Å². The molecule has 0 radical (unpaired) electrons. The number of sulfonamides is 1. The van der Waals surface area contributed by atoms with E-state index in [0.717, 1.165) is 17.8 Å². The summed E-state index contributed by atoms with van der Waals surface area (Å²) < 4.78 is 67.7. The fourth-order valence-electron chi connectivity index (χ4n) is 2.51. The zero-order chi connectivity index (χ0) is 20.5. The van der Waals surface area contributed by atoms with Gasteiger partial charge in [0, 0.05) is 6.04 Å². The minimum atomic E-state index is -4.68. The molecule has 0 fully saturated rings. The Bertz CT molecular complexity index is 1070. The first-order valence-corrected chi connectivity index (χ1v) is 9.78. The maximum atomic E-state index is 12.9. The van der Waals surface area contributed by atoms with Gasteiger partial charge in [0.05, 0.1) is 16.3 Å². The largest absolute Gasteiger partial charge is 0.416 e.